The summed E-state index contributed by atoms with van der Waals surface area (Å²) in [5.41, 5.74) is 5.65. The molecule has 0 N–H and O–H groups in total. The smallest absolute Gasteiger partial charge is 0.183 e. The van der Waals surface area contributed by atoms with Gasteiger partial charge in [-0.15, -0.1) is 0 Å². The van der Waals surface area contributed by atoms with Gasteiger partial charge in [-0.05, 0) is 50.8 Å². The summed E-state index contributed by atoms with van der Waals surface area (Å²) in [6.07, 6.45) is 3.18. The first-order chi connectivity index (χ1) is 12.1. The number of aryl methyl sites for hydroxylation is 2. The first-order valence-electron chi connectivity index (χ1n) is 9.13. The Morgan fingerprint density at radius 2 is 2.04 bits per heavy atom. The number of hydrogen-bond acceptors (Lipinski definition) is 3. The number of ketones is 1. The molecule has 4 nitrogen and oxygen atoms in total. The highest BCUT2D eigenvalue weighted by Gasteiger charge is 2.22. The Hall–Kier alpha value is -2.07. The number of ether oxygens (including phenoxy) is 1. The molecule has 0 fully saturated rings. The van der Waals surface area contributed by atoms with Crippen molar-refractivity contribution in [1.29, 1.82) is 0 Å². The number of Topliss-reactive ketones (excluding diaryl/α,β-unsaturated/α-hetero) is 1. The van der Waals surface area contributed by atoms with Gasteiger partial charge < -0.3 is 14.2 Å². The van der Waals surface area contributed by atoms with Crippen LogP contribution in [0.25, 0.3) is 0 Å². The SMILES string of the molecule is COCCCn1c(C)cc(C(=O)CN2CCCc3ccccc32)c1C. The number of carbonyl (C=O) groups excluding carboxylic acids is 1. The van der Waals surface area contributed by atoms with Gasteiger partial charge in [-0.3, -0.25) is 4.79 Å². The van der Waals surface area contributed by atoms with Crippen LogP contribution in [-0.4, -0.2) is 37.2 Å². The summed E-state index contributed by atoms with van der Waals surface area (Å²) in [4.78, 5) is 15.2. The Morgan fingerprint density at radius 1 is 1.24 bits per heavy atom. The summed E-state index contributed by atoms with van der Waals surface area (Å²) in [5, 5.41) is 0. The first-order valence-corrected chi connectivity index (χ1v) is 9.13. The molecule has 1 aromatic carbocycles. The van der Waals surface area contributed by atoms with E-state index in [-0.39, 0.29) is 5.78 Å². The molecule has 0 unspecified atom stereocenters. The molecule has 1 aliphatic rings. The van der Waals surface area contributed by atoms with Crippen LogP contribution in [0.15, 0.2) is 30.3 Å². The van der Waals surface area contributed by atoms with Gasteiger partial charge >= 0.3 is 0 Å². The number of carbonyl (C=O) groups is 1. The van der Waals surface area contributed by atoms with E-state index in [0.29, 0.717) is 6.54 Å². The highest BCUT2D eigenvalue weighted by molar-refractivity contribution is 6.00. The fraction of sp³-hybridized carbons (Fsp3) is 0.476. The van der Waals surface area contributed by atoms with Crippen LogP contribution >= 0.6 is 0 Å². The van der Waals surface area contributed by atoms with E-state index < -0.39 is 0 Å². The molecule has 25 heavy (non-hydrogen) atoms. The van der Waals surface area contributed by atoms with Crippen molar-refractivity contribution in [3.8, 4) is 0 Å². The second-order valence-electron chi connectivity index (χ2n) is 6.86. The fourth-order valence-electron chi connectivity index (χ4n) is 3.83. The lowest BCUT2D eigenvalue weighted by atomic mass is 10.0. The molecule has 0 amide bonds. The number of methoxy groups -OCH3 is 1. The van der Waals surface area contributed by atoms with Crippen molar-refractivity contribution >= 4 is 11.5 Å². The number of rotatable bonds is 7. The molecule has 3 rings (SSSR count). The van der Waals surface area contributed by atoms with E-state index >= 15 is 0 Å². The van der Waals surface area contributed by atoms with Gasteiger partial charge in [0.05, 0.1) is 6.54 Å². The van der Waals surface area contributed by atoms with Crippen LogP contribution < -0.4 is 4.90 Å². The van der Waals surface area contributed by atoms with Crippen molar-refractivity contribution in [2.45, 2.75) is 39.7 Å². The molecule has 2 heterocycles. The van der Waals surface area contributed by atoms with Crippen LogP contribution in [0.3, 0.4) is 0 Å². The summed E-state index contributed by atoms with van der Waals surface area (Å²) in [6, 6.07) is 10.5. The zero-order chi connectivity index (χ0) is 17.8. The van der Waals surface area contributed by atoms with E-state index in [1.54, 1.807) is 7.11 Å². The molecular formula is C21H28N2O2. The number of anilines is 1. The molecule has 0 saturated carbocycles. The molecule has 0 atom stereocenters. The number of aromatic nitrogens is 1. The van der Waals surface area contributed by atoms with Gasteiger partial charge in [0.2, 0.25) is 0 Å². The van der Waals surface area contributed by atoms with Crippen molar-refractivity contribution in [3.05, 3.63) is 52.8 Å². The van der Waals surface area contributed by atoms with Crippen molar-refractivity contribution in [3.63, 3.8) is 0 Å². The lowest BCUT2D eigenvalue weighted by Crippen LogP contribution is -2.34. The lowest BCUT2D eigenvalue weighted by molar-refractivity contribution is 0.0998. The minimum absolute atomic E-state index is 0.211. The van der Waals surface area contributed by atoms with Crippen LogP contribution in [0.1, 0.15) is 40.2 Å². The van der Waals surface area contributed by atoms with Crippen LogP contribution in [0.5, 0.6) is 0 Å². The topological polar surface area (TPSA) is 34.5 Å². The predicted molar refractivity (Wildman–Crippen MR) is 102 cm³/mol. The van der Waals surface area contributed by atoms with Crippen LogP contribution in [0.4, 0.5) is 5.69 Å². The van der Waals surface area contributed by atoms with Crippen molar-refractivity contribution < 1.29 is 9.53 Å². The summed E-state index contributed by atoms with van der Waals surface area (Å²) < 4.78 is 7.38. The maximum atomic E-state index is 13.0. The number of para-hydroxylation sites is 1. The first kappa shape index (κ1) is 17.7. The van der Waals surface area contributed by atoms with E-state index in [4.69, 9.17) is 4.74 Å². The van der Waals surface area contributed by atoms with E-state index in [1.165, 1.54) is 11.3 Å². The largest absolute Gasteiger partial charge is 0.385 e. The molecule has 2 aromatic rings. The number of nitrogens with zero attached hydrogens (tertiary/aromatic N) is 2. The molecule has 4 heteroatoms. The monoisotopic (exact) mass is 340 g/mol. The van der Waals surface area contributed by atoms with Gasteiger partial charge in [-0.2, -0.15) is 0 Å². The zero-order valence-electron chi connectivity index (χ0n) is 15.5. The minimum atomic E-state index is 0.211. The summed E-state index contributed by atoms with van der Waals surface area (Å²) >= 11 is 0. The van der Waals surface area contributed by atoms with E-state index in [2.05, 4.69) is 47.6 Å². The third-order valence-corrected chi connectivity index (χ3v) is 5.15. The number of benzene rings is 1. The van der Waals surface area contributed by atoms with Gasteiger partial charge in [0.1, 0.15) is 0 Å². The van der Waals surface area contributed by atoms with E-state index in [9.17, 15) is 4.79 Å². The van der Waals surface area contributed by atoms with Crippen molar-refractivity contribution in [2.75, 3.05) is 31.7 Å². The van der Waals surface area contributed by atoms with E-state index in [0.717, 1.165) is 55.9 Å². The van der Waals surface area contributed by atoms with Gasteiger partial charge in [0.15, 0.2) is 5.78 Å². The Bertz CT molecular complexity index is 748. The minimum Gasteiger partial charge on any atom is -0.385 e. The molecule has 0 bridgehead atoms. The van der Waals surface area contributed by atoms with Crippen LogP contribution in [0, 0.1) is 13.8 Å². The maximum Gasteiger partial charge on any atom is 0.183 e. The van der Waals surface area contributed by atoms with Gasteiger partial charge in [-0.25, -0.2) is 0 Å². The van der Waals surface area contributed by atoms with Gasteiger partial charge in [-0.1, -0.05) is 18.2 Å². The zero-order valence-corrected chi connectivity index (χ0v) is 15.5. The van der Waals surface area contributed by atoms with Crippen molar-refractivity contribution in [2.24, 2.45) is 0 Å². The summed E-state index contributed by atoms with van der Waals surface area (Å²) in [7, 11) is 1.72. The van der Waals surface area contributed by atoms with Crippen LogP contribution in [0.2, 0.25) is 0 Å². The molecule has 134 valence electrons. The average molecular weight is 340 g/mol. The van der Waals surface area contributed by atoms with E-state index in [1.807, 2.05) is 6.07 Å². The summed E-state index contributed by atoms with van der Waals surface area (Å²) in [5.74, 6) is 0.211. The predicted octanol–water partition coefficient (Wildman–Crippen LogP) is 3.78. The molecule has 0 spiro atoms. The highest BCUT2D eigenvalue weighted by atomic mass is 16.5. The molecule has 1 aliphatic heterocycles. The van der Waals surface area contributed by atoms with Crippen molar-refractivity contribution in [1.82, 2.24) is 4.57 Å². The Labute approximate surface area is 150 Å². The number of fused-ring (bicyclic) bond motifs is 1. The molecular weight excluding hydrogens is 312 g/mol. The fourth-order valence-corrected chi connectivity index (χ4v) is 3.83. The standard InChI is InChI=1S/C21H28N2O2/c1-16-14-19(17(2)23(16)12-7-13-25-3)21(24)15-22-11-6-9-18-8-4-5-10-20(18)22/h4-5,8,10,14H,6-7,9,11-13,15H2,1-3H3. The molecule has 1 aromatic heterocycles. The quantitative estimate of drug-likeness (QED) is 0.568. The van der Waals surface area contributed by atoms with Gasteiger partial charge in [0, 0.05) is 49.4 Å². The third-order valence-electron chi connectivity index (χ3n) is 5.15. The highest BCUT2D eigenvalue weighted by Crippen LogP contribution is 2.27. The van der Waals surface area contributed by atoms with Crippen LogP contribution in [-0.2, 0) is 17.7 Å². The maximum absolute atomic E-state index is 13.0. The second-order valence-corrected chi connectivity index (χ2v) is 6.86. The molecule has 0 saturated heterocycles. The lowest BCUT2D eigenvalue weighted by Gasteiger charge is -2.30. The third kappa shape index (κ3) is 3.79. The molecule has 0 radical (unpaired) electrons. The Kier molecular flexibility index (Phi) is 5.59. The second kappa shape index (κ2) is 7.87. The number of hydrogen-bond donors (Lipinski definition) is 0. The average Bonchev–Trinajstić information content (AvgIpc) is 2.90. The molecule has 0 aliphatic carbocycles. The summed E-state index contributed by atoms with van der Waals surface area (Å²) in [6.45, 7) is 7.18. The normalized spacial score (nSPS) is 13.8. The van der Waals surface area contributed by atoms with Gasteiger partial charge in [0.25, 0.3) is 0 Å². The Morgan fingerprint density at radius 3 is 2.84 bits per heavy atom. The Balaban J connectivity index is 1.75.